The highest BCUT2D eigenvalue weighted by Gasteiger charge is 2.36. The summed E-state index contributed by atoms with van der Waals surface area (Å²) in [5.41, 5.74) is 0.125. The number of halogens is 2. The fourth-order valence-electron chi connectivity index (χ4n) is 6.57. The van der Waals surface area contributed by atoms with Crippen LogP contribution in [0.25, 0.3) is 32.9 Å². The lowest BCUT2D eigenvalue weighted by atomic mass is 9.92. The van der Waals surface area contributed by atoms with Crippen molar-refractivity contribution in [3.63, 3.8) is 0 Å². The highest BCUT2D eigenvalue weighted by atomic mass is 19.1. The largest absolute Gasteiger partial charge is 0.508 e. The number of phenols is 1. The zero-order valence-electron chi connectivity index (χ0n) is 22.7. The van der Waals surface area contributed by atoms with Crippen LogP contribution in [0.15, 0.2) is 30.5 Å². The number of phenolic OH excluding ortho intramolecular Hbond substituents is 1. The molecule has 4 aromatic rings. The second kappa shape index (κ2) is 10.1. The molecule has 2 aromatic carbocycles. The van der Waals surface area contributed by atoms with Gasteiger partial charge < -0.3 is 25.0 Å². The molecule has 8 nitrogen and oxygen atoms in total. The molecule has 2 bridgehead atoms. The Balaban J connectivity index is 1.40. The summed E-state index contributed by atoms with van der Waals surface area (Å²) in [7, 11) is 2.07. The van der Waals surface area contributed by atoms with Crippen molar-refractivity contribution >= 4 is 27.5 Å². The second-order valence-corrected chi connectivity index (χ2v) is 11.2. The number of nitrogens with one attached hydrogen (secondary N) is 1. The number of ether oxygens (including phenoxy) is 1. The summed E-state index contributed by atoms with van der Waals surface area (Å²) in [5, 5.41) is 15.3. The van der Waals surface area contributed by atoms with Gasteiger partial charge in [0.15, 0.2) is 5.82 Å². The van der Waals surface area contributed by atoms with Gasteiger partial charge in [-0.1, -0.05) is 12.0 Å². The number of benzene rings is 2. The summed E-state index contributed by atoms with van der Waals surface area (Å²) >= 11 is 0. The second-order valence-electron chi connectivity index (χ2n) is 11.2. The van der Waals surface area contributed by atoms with Crippen molar-refractivity contribution in [1.29, 1.82) is 0 Å². The van der Waals surface area contributed by atoms with Crippen LogP contribution in [-0.2, 0) is 0 Å². The van der Waals surface area contributed by atoms with Crippen molar-refractivity contribution in [3.8, 4) is 35.4 Å². The minimum atomic E-state index is -0.714. The quantitative estimate of drug-likeness (QED) is 0.354. The number of fused-ring (bicyclic) bond motifs is 5. The zero-order valence-corrected chi connectivity index (χ0v) is 22.7. The summed E-state index contributed by atoms with van der Waals surface area (Å²) in [6.07, 6.45) is 11.4. The topological polar surface area (TPSA) is 86.6 Å². The van der Waals surface area contributed by atoms with E-state index in [4.69, 9.17) is 16.1 Å². The van der Waals surface area contributed by atoms with E-state index < -0.39 is 11.6 Å². The van der Waals surface area contributed by atoms with Crippen LogP contribution < -0.4 is 15.0 Å². The van der Waals surface area contributed by atoms with Gasteiger partial charge in [0.1, 0.15) is 35.2 Å². The molecule has 0 amide bonds. The van der Waals surface area contributed by atoms with Crippen molar-refractivity contribution in [2.24, 2.45) is 0 Å². The lowest BCUT2D eigenvalue weighted by Gasteiger charge is -2.46. The zero-order chi connectivity index (χ0) is 28.2. The van der Waals surface area contributed by atoms with Gasteiger partial charge in [0.05, 0.1) is 10.9 Å². The minimum Gasteiger partial charge on any atom is -0.508 e. The molecule has 2 N–H and O–H groups in total. The molecule has 3 atom stereocenters. The predicted octanol–water partition coefficient (Wildman–Crippen LogP) is 4.22. The molecule has 4 aliphatic heterocycles. The number of hydrogen-bond donors (Lipinski definition) is 2. The molecule has 0 saturated carbocycles. The first-order valence-electron chi connectivity index (χ1n) is 14.0. The van der Waals surface area contributed by atoms with Crippen LogP contribution in [0.3, 0.4) is 0 Å². The van der Waals surface area contributed by atoms with Crippen molar-refractivity contribution in [1.82, 2.24) is 25.2 Å². The minimum absolute atomic E-state index is 0.0243. The molecule has 0 aliphatic carbocycles. The number of pyridine rings is 1. The smallest absolute Gasteiger partial charge is 0.319 e. The average molecular weight is 557 g/mol. The summed E-state index contributed by atoms with van der Waals surface area (Å²) in [4.78, 5) is 18.3. The van der Waals surface area contributed by atoms with Gasteiger partial charge in [-0.2, -0.15) is 9.97 Å². The first kappa shape index (κ1) is 25.9. The maximum Gasteiger partial charge on any atom is 0.319 e. The molecule has 6 heterocycles. The summed E-state index contributed by atoms with van der Waals surface area (Å²) < 4.78 is 37.4. The number of rotatable bonds is 5. The molecule has 0 radical (unpaired) electrons. The highest BCUT2D eigenvalue weighted by Crippen LogP contribution is 2.39. The molecule has 2 aromatic heterocycles. The van der Waals surface area contributed by atoms with Crippen molar-refractivity contribution < 1.29 is 18.6 Å². The van der Waals surface area contributed by atoms with Gasteiger partial charge in [-0.3, -0.25) is 4.98 Å². The van der Waals surface area contributed by atoms with E-state index in [-0.39, 0.29) is 46.2 Å². The molecule has 10 heteroatoms. The van der Waals surface area contributed by atoms with Crippen molar-refractivity contribution in [2.75, 3.05) is 38.2 Å². The van der Waals surface area contributed by atoms with Crippen molar-refractivity contribution in [2.45, 2.75) is 43.8 Å². The average Bonchev–Trinajstić information content (AvgIpc) is 3.41. The van der Waals surface area contributed by atoms with E-state index in [1.54, 1.807) is 6.20 Å². The standard InChI is InChI=1S/C31H30F2N6O2/c1-3-22-25(32)9-6-17-11-21(40)12-23(26(17)22)28-27(33)29-24(14-35-28)30(39-15-18-7-8-19(39)13-34-18)37-31(36-29)41-16-20-5-4-10-38(20)2/h1,6,9,11-12,14,18-20,34,40H,4-5,7-8,10,13,15-16H2,2H3/t18?,19?,20-/m1/s1. The molecule has 4 aliphatic rings. The van der Waals surface area contributed by atoms with E-state index in [2.05, 4.69) is 38.1 Å². The van der Waals surface area contributed by atoms with Crippen LogP contribution in [0.1, 0.15) is 31.2 Å². The van der Waals surface area contributed by atoms with Gasteiger partial charge in [-0.25, -0.2) is 8.78 Å². The molecule has 41 heavy (non-hydrogen) atoms. The molecule has 2 unspecified atom stereocenters. The number of nitrogens with zero attached hydrogens (tertiary/aromatic N) is 5. The van der Waals surface area contributed by atoms with E-state index in [0.29, 0.717) is 34.6 Å². The van der Waals surface area contributed by atoms with E-state index in [0.717, 1.165) is 45.3 Å². The van der Waals surface area contributed by atoms with Crippen LogP contribution in [0, 0.1) is 24.0 Å². The van der Waals surface area contributed by atoms with Crippen LogP contribution in [-0.4, -0.2) is 76.4 Å². The maximum atomic E-state index is 16.6. The number of likely N-dealkylation sites (N-methyl/N-ethyl adjacent to an activating group) is 1. The highest BCUT2D eigenvalue weighted by molar-refractivity contribution is 6.03. The predicted molar refractivity (Wildman–Crippen MR) is 153 cm³/mol. The normalized spacial score (nSPS) is 22.5. The molecule has 8 rings (SSSR count). The first-order chi connectivity index (χ1) is 19.9. The molecular weight excluding hydrogens is 526 g/mol. The van der Waals surface area contributed by atoms with Gasteiger partial charge >= 0.3 is 6.01 Å². The van der Waals surface area contributed by atoms with Crippen LogP contribution in [0.5, 0.6) is 11.8 Å². The van der Waals surface area contributed by atoms with Crippen LogP contribution in [0.4, 0.5) is 14.6 Å². The number of anilines is 1. The maximum absolute atomic E-state index is 16.6. The SMILES string of the molecule is C#Cc1c(F)ccc2cc(O)cc(-c3ncc4c(N5CC6CCC5CN6)nc(OC[C@H]5CCCN5C)nc4c3F)c12. The Morgan fingerprint density at radius 3 is 2.78 bits per heavy atom. The van der Waals surface area contributed by atoms with Crippen LogP contribution in [0.2, 0.25) is 0 Å². The number of aromatic nitrogens is 3. The number of hydrogen-bond acceptors (Lipinski definition) is 8. The Morgan fingerprint density at radius 2 is 2.07 bits per heavy atom. The van der Waals surface area contributed by atoms with Gasteiger partial charge in [-0.05, 0) is 62.9 Å². The van der Waals surface area contributed by atoms with Gasteiger partial charge in [0.25, 0.3) is 0 Å². The number of piperazine rings is 1. The van der Waals surface area contributed by atoms with Gasteiger partial charge in [0, 0.05) is 48.4 Å². The number of aromatic hydroxyl groups is 1. The van der Waals surface area contributed by atoms with Gasteiger partial charge in [-0.15, -0.1) is 6.42 Å². The third kappa shape index (κ3) is 4.40. The lowest BCUT2D eigenvalue weighted by Crippen LogP contribution is -2.61. The number of terminal acetylenes is 1. The molecule has 4 saturated heterocycles. The molecule has 210 valence electrons. The van der Waals surface area contributed by atoms with E-state index in [1.807, 2.05) is 0 Å². The van der Waals surface area contributed by atoms with Gasteiger partial charge in [0.2, 0.25) is 0 Å². The Morgan fingerprint density at radius 1 is 1.20 bits per heavy atom. The van der Waals surface area contributed by atoms with E-state index >= 15 is 4.39 Å². The third-order valence-electron chi connectivity index (χ3n) is 8.79. The molecule has 4 fully saturated rings. The summed E-state index contributed by atoms with van der Waals surface area (Å²) in [6, 6.07) is 6.43. The number of piperidine rings is 2. The molecule has 0 spiro atoms. The van der Waals surface area contributed by atoms with Crippen molar-refractivity contribution in [3.05, 3.63) is 47.7 Å². The lowest BCUT2D eigenvalue weighted by molar-refractivity contribution is 0.188. The summed E-state index contributed by atoms with van der Waals surface area (Å²) in [5.74, 6) is 1.53. The number of likely N-dealkylation sites (tertiary alicyclic amines) is 1. The van der Waals surface area contributed by atoms with E-state index in [9.17, 15) is 9.50 Å². The fourth-order valence-corrected chi connectivity index (χ4v) is 6.57. The Hall–Kier alpha value is -4.07. The van der Waals surface area contributed by atoms with Crippen LogP contribution >= 0.6 is 0 Å². The third-order valence-corrected chi connectivity index (χ3v) is 8.79. The first-order valence-corrected chi connectivity index (χ1v) is 14.0. The monoisotopic (exact) mass is 556 g/mol. The Labute approximate surface area is 236 Å². The van der Waals surface area contributed by atoms with E-state index in [1.165, 1.54) is 24.3 Å². The summed E-state index contributed by atoms with van der Waals surface area (Å²) in [6.45, 7) is 2.97. The fraction of sp³-hybridized carbons (Fsp3) is 0.387. The Bertz CT molecular complexity index is 1720. The molecular formula is C31H30F2N6O2. The Kier molecular flexibility index (Phi) is 6.36.